The fraction of sp³-hybridized carbons (Fsp3) is 0.333. The van der Waals surface area contributed by atoms with Gasteiger partial charge in [-0.25, -0.2) is 0 Å². The van der Waals surface area contributed by atoms with E-state index < -0.39 is 0 Å². The summed E-state index contributed by atoms with van der Waals surface area (Å²) in [5, 5.41) is 3.19. The molecule has 4 heteroatoms. The predicted molar refractivity (Wildman–Crippen MR) is 78.2 cm³/mol. The summed E-state index contributed by atoms with van der Waals surface area (Å²) >= 11 is 0. The lowest BCUT2D eigenvalue weighted by atomic mass is 10.1. The third-order valence-electron chi connectivity index (χ3n) is 3.15. The lowest BCUT2D eigenvalue weighted by molar-refractivity contribution is 0.798. The van der Waals surface area contributed by atoms with E-state index in [4.69, 9.17) is 0 Å². The molecule has 0 fully saturated rings. The van der Waals surface area contributed by atoms with E-state index in [0.717, 1.165) is 19.5 Å². The van der Waals surface area contributed by atoms with Crippen LogP contribution < -0.4 is 10.2 Å². The van der Waals surface area contributed by atoms with Gasteiger partial charge >= 0.3 is 0 Å². The van der Waals surface area contributed by atoms with E-state index in [2.05, 4.69) is 45.4 Å². The molecule has 0 aliphatic heterocycles. The van der Waals surface area contributed by atoms with Gasteiger partial charge in [0.15, 0.2) is 0 Å². The molecule has 0 bridgehead atoms. The number of nitrogens with one attached hydrogen (secondary N) is 1. The number of hydrogen-bond acceptors (Lipinski definition) is 4. The number of rotatable bonds is 6. The molecule has 0 saturated carbocycles. The molecule has 100 valence electrons. The van der Waals surface area contributed by atoms with Gasteiger partial charge in [-0.2, -0.15) is 0 Å². The van der Waals surface area contributed by atoms with Crippen LogP contribution in [0, 0.1) is 0 Å². The maximum absolute atomic E-state index is 4.22. The number of anilines is 1. The zero-order valence-electron chi connectivity index (χ0n) is 11.5. The third kappa shape index (κ3) is 3.76. The Hall–Kier alpha value is -1.94. The average molecular weight is 256 g/mol. The van der Waals surface area contributed by atoms with Gasteiger partial charge in [-0.3, -0.25) is 9.97 Å². The second kappa shape index (κ2) is 6.85. The van der Waals surface area contributed by atoms with Crippen molar-refractivity contribution in [1.29, 1.82) is 0 Å². The van der Waals surface area contributed by atoms with Gasteiger partial charge in [0.1, 0.15) is 0 Å². The fourth-order valence-corrected chi connectivity index (χ4v) is 2.07. The number of likely N-dealkylation sites (N-methyl/N-ethyl adjacent to an activating group) is 1. The van der Waals surface area contributed by atoms with Crippen LogP contribution in [0.4, 0.5) is 5.69 Å². The summed E-state index contributed by atoms with van der Waals surface area (Å²) in [4.78, 5) is 10.5. The van der Waals surface area contributed by atoms with Gasteiger partial charge < -0.3 is 10.2 Å². The minimum atomic E-state index is 0.859. The maximum atomic E-state index is 4.22. The van der Waals surface area contributed by atoms with Crippen molar-refractivity contribution in [3.63, 3.8) is 0 Å². The van der Waals surface area contributed by atoms with Gasteiger partial charge in [0.25, 0.3) is 0 Å². The quantitative estimate of drug-likeness (QED) is 0.856. The van der Waals surface area contributed by atoms with E-state index in [9.17, 15) is 0 Å². The Kier molecular flexibility index (Phi) is 4.86. The van der Waals surface area contributed by atoms with Crippen molar-refractivity contribution in [1.82, 2.24) is 15.3 Å². The summed E-state index contributed by atoms with van der Waals surface area (Å²) < 4.78 is 0. The van der Waals surface area contributed by atoms with Gasteiger partial charge in [-0.1, -0.05) is 0 Å². The molecule has 0 atom stereocenters. The van der Waals surface area contributed by atoms with Crippen molar-refractivity contribution in [3.8, 4) is 0 Å². The van der Waals surface area contributed by atoms with Crippen LogP contribution in [0.3, 0.4) is 0 Å². The second-order valence-corrected chi connectivity index (χ2v) is 4.56. The molecule has 2 aromatic heterocycles. The van der Waals surface area contributed by atoms with Crippen molar-refractivity contribution >= 4 is 5.69 Å². The van der Waals surface area contributed by atoms with E-state index in [1.165, 1.54) is 16.8 Å². The molecule has 2 aromatic rings. The number of pyridine rings is 2. The Labute approximate surface area is 114 Å². The topological polar surface area (TPSA) is 41.1 Å². The van der Waals surface area contributed by atoms with Crippen molar-refractivity contribution < 1.29 is 0 Å². The van der Waals surface area contributed by atoms with Crippen LogP contribution in [0.15, 0.2) is 43.0 Å². The van der Waals surface area contributed by atoms with Gasteiger partial charge in [-0.05, 0) is 42.8 Å². The molecular weight excluding hydrogens is 236 g/mol. The predicted octanol–water partition coefficient (Wildman–Crippen LogP) is 1.87. The molecule has 1 N–H and O–H groups in total. The molecule has 0 aromatic carbocycles. The zero-order chi connectivity index (χ0) is 13.5. The van der Waals surface area contributed by atoms with Crippen LogP contribution in [0.2, 0.25) is 0 Å². The fourth-order valence-electron chi connectivity index (χ4n) is 2.07. The summed E-state index contributed by atoms with van der Waals surface area (Å²) in [5.74, 6) is 0. The summed E-state index contributed by atoms with van der Waals surface area (Å²) in [7, 11) is 4.07. The van der Waals surface area contributed by atoms with E-state index in [1.54, 1.807) is 0 Å². The van der Waals surface area contributed by atoms with Crippen LogP contribution in [-0.2, 0) is 13.0 Å². The number of aromatic nitrogens is 2. The highest BCUT2D eigenvalue weighted by Gasteiger charge is 2.06. The Balaban J connectivity index is 2.01. The lowest BCUT2D eigenvalue weighted by Crippen LogP contribution is -2.23. The van der Waals surface area contributed by atoms with Crippen molar-refractivity contribution in [3.05, 3.63) is 54.1 Å². The minimum absolute atomic E-state index is 0.859. The summed E-state index contributed by atoms with van der Waals surface area (Å²) in [5.41, 5.74) is 3.77. The van der Waals surface area contributed by atoms with Crippen molar-refractivity contribution in [2.24, 2.45) is 0 Å². The van der Waals surface area contributed by atoms with E-state index in [1.807, 2.05) is 31.8 Å². The molecule has 0 unspecified atom stereocenters. The smallest absolute Gasteiger partial charge is 0.0595 e. The average Bonchev–Trinajstić information content (AvgIpc) is 2.47. The van der Waals surface area contributed by atoms with Crippen LogP contribution >= 0.6 is 0 Å². The molecule has 0 radical (unpaired) electrons. The molecular formula is C15H20N4. The molecule has 2 heterocycles. The highest BCUT2D eigenvalue weighted by Crippen LogP contribution is 2.17. The number of nitrogens with zero attached hydrogens (tertiary/aromatic N) is 3. The number of hydrogen-bond donors (Lipinski definition) is 1. The lowest BCUT2D eigenvalue weighted by Gasteiger charge is -2.22. The molecule has 0 amide bonds. The highest BCUT2D eigenvalue weighted by atomic mass is 15.1. The third-order valence-corrected chi connectivity index (χ3v) is 3.15. The highest BCUT2D eigenvalue weighted by molar-refractivity contribution is 5.51. The van der Waals surface area contributed by atoms with Crippen LogP contribution in [-0.4, -0.2) is 30.6 Å². The first-order valence-electron chi connectivity index (χ1n) is 6.49. The first-order valence-corrected chi connectivity index (χ1v) is 6.49. The largest absolute Gasteiger partial charge is 0.373 e. The summed E-state index contributed by atoms with van der Waals surface area (Å²) in [6.07, 6.45) is 8.46. The first-order chi connectivity index (χ1) is 9.31. The Morgan fingerprint density at radius 2 is 1.84 bits per heavy atom. The monoisotopic (exact) mass is 256 g/mol. The molecule has 0 spiro atoms. The van der Waals surface area contributed by atoms with Gasteiger partial charge in [-0.15, -0.1) is 0 Å². The van der Waals surface area contributed by atoms with Gasteiger partial charge in [0.2, 0.25) is 0 Å². The Morgan fingerprint density at radius 3 is 2.58 bits per heavy atom. The van der Waals surface area contributed by atoms with Crippen molar-refractivity contribution in [2.45, 2.75) is 13.0 Å². The normalized spacial score (nSPS) is 10.4. The molecule has 0 aliphatic rings. The molecule has 0 saturated heterocycles. The zero-order valence-corrected chi connectivity index (χ0v) is 11.5. The van der Waals surface area contributed by atoms with Crippen molar-refractivity contribution in [2.75, 3.05) is 25.5 Å². The van der Waals surface area contributed by atoms with Crippen LogP contribution in [0.25, 0.3) is 0 Å². The SMILES string of the molecule is CNCc1ccncc1N(C)CCc1ccncc1. The minimum Gasteiger partial charge on any atom is -0.373 e. The standard InChI is InChI=1S/C15H20N4/c1-16-11-14-5-9-18-12-15(14)19(2)10-6-13-3-7-17-8-4-13/h3-5,7-9,12,16H,6,10-11H2,1-2H3. The second-order valence-electron chi connectivity index (χ2n) is 4.56. The van der Waals surface area contributed by atoms with Crippen LogP contribution in [0.1, 0.15) is 11.1 Å². The van der Waals surface area contributed by atoms with E-state index in [0.29, 0.717) is 0 Å². The molecule has 4 nitrogen and oxygen atoms in total. The summed E-state index contributed by atoms with van der Waals surface area (Å²) in [6, 6.07) is 6.19. The van der Waals surface area contributed by atoms with E-state index in [-0.39, 0.29) is 0 Å². The molecule has 19 heavy (non-hydrogen) atoms. The Bertz CT molecular complexity index is 499. The van der Waals surface area contributed by atoms with Crippen LogP contribution in [0.5, 0.6) is 0 Å². The van der Waals surface area contributed by atoms with Gasteiger partial charge in [0, 0.05) is 38.7 Å². The molecule has 2 rings (SSSR count). The molecule has 0 aliphatic carbocycles. The Morgan fingerprint density at radius 1 is 1.11 bits per heavy atom. The maximum Gasteiger partial charge on any atom is 0.0595 e. The summed E-state index contributed by atoms with van der Waals surface area (Å²) in [6.45, 7) is 1.82. The van der Waals surface area contributed by atoms with E-state index >= 15 is 0 Å². The first kappa shape index (κ1) is 13.5. The van der Waals surface area contributed by atoms with Gasteiger partial charge in [0.05, 0.1) is 11.9 Å².